The molecule has 1 atom stereocenters. The zero-order valence-corrected chi connectivity index (χ0v) is 18.9. The molecule has 0 radical (unpaired) electrons. The largest absolute Gasteiger partial charge is 0.370 e. The van der Waals surface area contributed by atoms with Gasteiger partial charge in [-0.25, -0.2) is 0 Å². The summed E-state index contributed by atoms with van der Waals surface area (Å²) in [4.78, 5) is 18.9. The maximum Gasteiger partial charge on any atom is 0.251 e. The number of carbonyl (C=O) groups excluding carboxylic acids is 1. The van der Waals surface area contributed by atoms with Crippen LogP contribution in [0, 0.1) is 6.92 Å². The van der Waals surface area contributed by atoms with E-state index in [2.05, 4.69) is 58.6 Å². The van der Waals surface area contributed by atoms with Crippen molar-refractivity contribution in [2.24, 2.45) is 4.99 Å². The summed E-state index contributed by atoms with van der Waals surface area (Å²) in [5.74, 6) is 0.850. The lowest BCUT2D eigenvalue weighted by Gasteiger charge is -2.35. The van der Waals surface area contributed by atoms with Gasteiger partial charge >= 0.3 is 0 Å². The SMILES string of the molecule is CCCCNC(=O)c1ccc(CNC(=NC)N2CCOC(c3ccccc3C)C2)cc1. The Morgan fingerprint density at radius 1 is 1.16 bits per heavy atom. The van der Waals surface area contributed by atoms with Crippen molar-refractivity contribution in [3.05, 3.63) is 70.8 Å². The Kier molecular flexibility index (Phi) is 8.47. The standard InChI is InChI=1S/C25H34N4O2/c1-4-5-14-27-24(30)21-12-10-20(11-13-21)17-28-25(26-3)29-15-16-31-23(18-29)22-9-7-6-8-19(22)2/h6-13,23H,4-5,14-18H2,1-3H3,(H,26,28)(H,27,30). The minimum atomic E-state index is -0.0145. The molecule has 2 aromatic rings. The van der Waals surface area contributed by atoms with Gasteiger partial charge in [-0.15, -0.1) is 0 Å². The van der Waals surface area contributed by atoms with Gasteiger partial charge in [0.15, 0.2) is 5.96 Å². The number of morpholine rings is 1. The summed E-state index contributed by atoms with van der Waals surface area (Å²) in [6.45, 7) is 7.84. The van der Waals surface area contributed by atoms with E-state index in [1.165, 1.54) is 11.1 Å². The maximum absolute atomic E-state index is 12.2. The van der Waals surface area contributed by atoms with E-state index < -0.39 is 0 Å². The summed E-state index contributed by atoms with van der Waals surface area (Å²) in [6, 6.07) is 16.1. The molecule has 1 amide bonds. The number of hydrogen-bond acceptors (Lipinski definition) is 3. The molecule has 2 N–H and O–H groups in total. The van der Waals surface area contributed by atoms with Gasteiger partial charge < -0.3 is 20.3 Å². The molecule has 1 fully saturated rings. The number of aliphatic imine (C=N–C) groups is 1. The zero-order chi connectivity index (χ0) is 22.1. The summed E-state index contributed by atoms with van der Waals surface area (Å²) in [5, 5.41) is 6.40. The smallest absolute Gasteiger partial charge is 0.251 e. The fraction of sp³-hybridized carbons (Fsp3) is 0.440. The maximum atomic E-state index is 12.2. The van der Waals surface area contributed by atoms with Crippen molar-refractivity contribution in [3.8, 4) is 0 Å². The Morgan fingerprint density at radius 3 is 2.65 bits per heavy atom. The second-order valence-corrected chi connectivity index (χ2v) is 7.87. The predicted molar refractivity (Wildman–Crippen MR) is 125 cm³/mol. The van der Waals surface area contributed by atoms with Gasteiger partial charge in [0.25, 0.3) is 5.91 Å². The topological polar surface area (TPSA) is 66.0 Å². The van der Waals surface area contributed by atoms with E-state index in [0.29, 0.717) is 18.7 Å². The Bertz CT molecular complexity index is 879. The number of nitrogens with one attached hydrogen (secondary N) is 2. The zero-order valence-electron chi connectivity index (χ0n) is 18.9. The molecule has 1 aliphatic heterocycles. The van der Waals surface area contributed by atoms with Crippen molar-refractivity contribution in [2.45, 2.75) is 39.3 Å². The molecule has 3 rings (SSSR count). The van der Waals surface area contributed by atoms with Crippen molar-refractivity contribution in [3.63, 3.8) is 0 Å². The Balaban J connectivity index is 1.55. The van der Waals surface area contributed by atoms with Gasteiger partial charge in [-0.05, 0) is 42.2 Å². The van der Waals surface area contributed by atoms with Crippen molar-refractivity contribution >= 4 is 11.9 Å². The molecule has 1 heterocycles. The first-order valence-electron chi connectivity index (χ1n) is 11.1. The second-order valence-electron chi connectivity index (χ2n) is 7.87. The van der Waals surface area contributed by atoms with E-state index >= 15 is 0 Å². The molecule has 0 bridgehead atoms. The van der Waals surface area contributed by atoms with Crippen LogP contribution in [0.2, 0.25) is 0 Å². The van der Waals surface area contributed by atoms with Gasteiger partial charge in [-0.1, -0.05) is 49.7 Å². The van der Waals surface area contributed by atoms with Gasteiger partial charge in [0.1, 0.15) is 6.10 Å². The minimum absolute atomic E-state index is 0.0145. The average molecular weight is 423 g/mol. The lowest BCUT2D eigenvalue weighted by Crippen LogP contribution is -2.48. The van der Waals surface area contributed by atoms with Crippen molar-refractivity contribution < 1.29 is 9.53 Å². The van der Waals surface area contributed by atoms with Crippen molar-refractivity contribution in [1.29, 1.82) is 0 Å². The third-order valence-corrected chi connectivity index (χ3v) is 5.60. The minimum Gasteiger partial charge on any atom is -0.370 e. The molecule has 0 spiro atoms. The van der Waals surface area contributed by atoms with E-state index in [-0.39, 0.29) is 12.0 Å². The first-order chi connectivity index (χ1) is 15.1. The van der Waals surface area contributed by atoms with E-state index in [9.17, 15) is 4.79 Å². The van der Waals surface area contributed by atoms with Crippen molar-refractivity contribution in [1.82, 2.24) is 15.5 Å². The number of guanidine groups is 1. The highest BCUT2D eigenvalue weighted by atomic mass is 16.5. The number of amides is 1. The quantitative estimate of drug-likeness (QED) is 0.406. The number of aryl methyl sites for hydroxylation is 1. The number of nitrogens with zero attached hydrogens (tertiary/aromatic N) is 2. The van der Waals surface area contributed by atoms with Gasteiger partial charge in [0.05, 0.1) is 13.2 Å². The van der Waals surface area contributed by atoms with Crippen LogP contribution in [0.1, 0.15) is 52.9 Å². The fourth-order valence-electron chi connectivity index (χ4n) is 3.75. The second kappa shape index (κ2) is 11.5. The first-order valence-corrected chi connectivity index (χ1v) is 11.1. The van der Waals surface area contributed by atoms with Crippen LogP contribution in [-0.2, 0) is 11.3 Å². The number of rotatable bonds is 7. The van der Waals surface area contributed by atoms with E-state index in [1.54, 1.807) is 0 Å². The van der Waals surface area contributed by atoms with Gasteiger partial charge in [0.2, 0.25) is 0 Å². The van der Waals surface area contributed by atoms with Crippen LogP contribution < -0.4 is 10.6 Å². The molecular weight excluding hydrogens is 388 g/mol. The molecule has 2 aromatic carbocycles. The van der Waals surface area contributed by atoms with Crippen LogP contribution in [0.15, 0.2) is 53.5 Å². The Hall–Kier alpha value is -2.86. The van der Waals surface area contributed by atoms with Crippen LogP contribution in [-0.4, -0.2) is 50.1 Å². The summed E-state index contributed by atoms with van der Waals surface area (Å²) < 4.78 is 6.04. The molecule has 0 saturated carbocycles. The molecule has 6 heteroatoms. The van der Waals surface area contributed by atoms with E-state index in [4.69, 9.17) is 4.74 Å². The van der Waals surface area contributed by atoms with Crippen LogP contribution in [0.5, 0.6) is 0 Å². The first kappa shape index (κ1) is 22.8. The van der Waals surface area contributed by atoms with E-state index in [0.717, 1.165) is 44.0 Å². The van der Waals surface area contributed by atoms with Crippen LogP contribution >= 0.6 is 0 Å². The highest BCUT2D eigenvalue weighted by Crippen LogP contribution is 2.25. The molecule has 6 nitrogen and oxygen atoms in total. The predicted octanol–water partition coefficient (Wildman–Crippen LogP) is 3.67. The molecule has 0 aromatic heterocycles. The number of ether oxygens (including phenoxy) is 1. The Morgan fingerprint density at radius 2 is 1.94 bits per heavy atom. The summed E-state index contributed by atoms with van der Waals surface area (Å²) >= 11 is 0. The van der Waals surface area contributed by atoms with Gasteiger partial charge in [-0.2, -0.15) is 0 Å². The lowest BCUT2D eigenvalue weighted by atomic mass is 10.0. The molecule has 166 valence electrons. The molecule has 1 saturated heterocycles. The summed E-state index contributed by atoms with van der Waals surface area (Å²) in [5.41, 5.74) is 4.28. The molecule has 1 aliphatic rings. The van der Waals surface area contributed by atoms with Gasteiger partial charge in [0, 0.05) is 32.2 Å². The highest BCUT2D eigenvalue weighted by molar-refractivity contribution is 5.94. The summed E-state index contributed by atoms with van der Waals surface area (Å²) in [6.07, 6.45) is 2.11. The fourth-order valence-corrected chi connectivity index (χ4v) is 3.75. The van der Waals surface area contributed by atoms with Crippen LogP contribution in [0.4, 0.5) is 0 Å². The Labute approximate surface area is 185 Å². The number of unbranched alkanes of at least 4 members (excludes halogenated alkanes) is 1. The molecule has 0 aliphatic carbocycles. The van der Waals surface area contributed by atoms with Crippen LogP contribution in [0.3, 0.4) is 0 Å². The molecule has 31 heavy (non-hydrogen) atoms. The average Bonchev–Trinajstić information content (AvgIpc) is 2.80. The molecular formula is C25H34N4O2. The normalized spacial score (nSPS) is 16.8. The molecule has 1 unspecified atom stereocenters. The monoisotopic (exact) mass is 422 g/mol. The summed E-state index contributed by atoms with van der Waals surface area (Å²) in [7, 11) is 1.81. The van der Waals surface area contributed by atoms with Crippen molar-refractivity contribution in [2.75, 3.05) is 33.3 Å². The number of carbonyl (C=O) groups is 1. The lowest BCUT2D eigenvalue weighted by molar-refractivity contribution is -0.00833. The third-order valence-electron chi connectivity index (χ3n) is 5.60. The number of benzene rings is 2. The highest BCUT2D eigenvalue weighted by Gasteiger charge is 2.25. The third kappa shape index (κ3) is 6.31. The van der Waals surface area contributed by atoms with Crippen LogP contribution in [0.25, 0.3) is 0 Å². The number of hydrogen-bond donors (Lipinski definition) is 2. The van der Waals surface area contributed by atoms with Gasteiger partial charge in [-0.3, -0.25) is 9.79 Å². The van der Waals surface area contributed by atoms with E-state index in [1.807, 2.05) is 31.3 Å².